The SMILES string of the molecule is COc1ccc(-c2cn(CC(=O)OC(C)(C)C)nc2-c2ccc(C#N)c(F)c2)cc1F. The van der Waals surface area contributed by atoms with Gasteiger partial charge < -0.3 is 9.47 Å². The molecule has 0 saturated carbocycles. The fourth-order valence-corrected chi connectivity index (χ4v) is 3.02. The highest BCUT2D eigenvalue weighted by Crippen LogP contribution is 2.34. The molecule has 31 heavy (non-hydrogen) atoms. The Kier molecular flexibility index (Phi) is 6.07. The number of esters is 1. The van der Waals surface area contributed by atoms with Gasteiger partial charge in [-0.2, -0.15) is 10.4 Å². The number of rotatable bonds is 5. The van der Waals surface area contributed by atoms with Gasteiger partial charge in [-0.3, -0.25) is 9.48 Å². The predicted molar refractivity (Wildman–Crippen MR) is 110 cm³/mol. The van der Waals surface area contributed by atoms with Gasteiger partial charge >= 0.3 is 5.97 Å². The molecule has 0 amide bonds. The molecule has 0 fully saturated rings. The molecule has 0 bridgehead atoms. The normalized spacial score (nSPS) is 11.1. The van der Waals surface area contributed by atoms with Crippen molar-refractivity contribution in [2.75, 3.05) is 7.11 Å². The molecule has 2 aromatic carbocycles. The number of aromatic nitrogens is 2. The predicted octanol–water partition coefficient (Wildman–Crippen LogP) is 4.72. The van der Waals surface area contributed by atoms with Crippen LogP contribution in [0.1, 0.15) is 26.3 Å². The van der Waals surface area contributed by atoms with Gasteiger partial charge in [0.2, 0.25) is 0 Å². The Labute approximate surface area is 178 Å². The van der Waals surface area contributed by atoms with Crippen molar-refractivity contribution in [3.8, 4) is 34.2 Å². The lowest BCUT2D eigenvalue weighted by Gasteiger charge is -2.19. The van der Waals surface area contributed by atoms with Gasteiger partial charge in [0.25, 0.3) is 0 Å². The maximum absolute atomic E-state index is 14.3. The summed E-state index contributed by atoms with van der Waals surface area (Å²) in [5, 5.41) is 13.4. The van der Waals surface area contributed by atoms with Crippen LogP contribution in [-0.4, -0.2) is 28.5 Å². The van der Waals surface area contributed by atoms with E-state index in [1.807, 2.05) is 0 Å². The zero-order valence-electron chi connectivity index (χ0n) is 17.6. The lowest BCUT2D eigenvalue weighted by atomic mass is 10.0. The molecule has 0 atom stereocenters. The molecule has 0 unspecified atom stereocenters. The maximum atomic E-state index is 14.3. The maximum Gasteiger partial charge on any atom is 0.328 e. The van der Waals surface area contributed by atoms with Crippen molar-refractivity contribution in [3.63, 3.8) is 0 Å². The lowest BCUT2D eigenvalue weighted by molar-refractivity contribution is -0.155. The molecule has 0 N–H and O–H groups in total. The Morgan fingerprint density at radius 2 is 1.81 bits per heavy atom. The third-order valence-electron chi connectivity index (χ3n) is 4.30. The van der Waals surface area contributed by atoms with Crippen molar-refractivity contribution in [1.29, 1.82) is 5.26 Å². The van der Waals surface area contributed by atoms with Gasteiger partial charge in [0.05, 0.1) is 12.7 Å². The molecule has 0 spiro atoms. The minimum Gasteiger partial charge on any atom is -0.494 e. The average molecular weight is 425 g/mol. The molecular formula is C23H21F2N3O3. The number of nitrogens with zero attached hydrogens (tertiary/aromatic N) is 3. The summed E-state index contributed by atoms with van der Waals surface area (Å²) in [5.74, 6) is -1.69. The fourth-order valence-electron chi connectivity index (χ4n) is 3.02. The second-order valence-corrected chi connectivity index (χ2v) is 7.83. The molecule has 3 rings (SSSR count). The summed E-state index contributed by atoms with van der Waals surface area (Å²) in [7, 11) is 1.36. The Bertz CT molecular complexity index is 1170. The number of ether oxygens (including phenoxy) is 2. The number of carbonyl (C=O) groups is 1. The number of carbonyl (C=O) groups excluding carboxylic acids is 1. The fraction of sp³-hybridized carbons (Fsp3) is 0.261. The van der Waals surface area contributed by atoms with E-state index >= 15 is 0 Å². The molecular weight excluding hydrogens is 404 g/mol. The number of halogens is 2. The first-order valence-electron chi connectivity index (χ1n) is 9.44. The first-order chi connectivity index (χ1) is 14.6. The summed E-state index contributed by atoms with van der Waals surface area (Å²) < 4.78 is 40.2. The second kappa shape index (κ2) is 8.56. The number of benzene rings is 2. The standard InChI is InChI=1S/C23H21F2N3O3/c1-23(2,3)31-21(29)13-28-12-17(14-7-8-20(30-4)19(25)9-14)22(27-28)15-5-6-16(11-26)18(24)10-15/h5-10,12H,13H2,1-4H3. The number of methoxy groups -OCH3 is 1. The highest BCUT2D eigenvalue weighted by molar-refractivity contribution is 5.81. The largest absolute Gasteiger partial charge is 0.494 e. The van der Waals surface area contributed by atoms with E-state index in [0.29, 0.717) is 22.4 Å². The summed E-state index contributed by atoms with van der Waals surface area (Å²) >= 11 is 0. The van der Waals surface area contributed by atoms with Crippen LogP contribution in [0.5, 0.6) is 5.75 Å². The molecule has 0 saturated heterocycles. The van der Waals surface area contributed by atoms with Crippen molar-refractivity contribution in [3.05, 3.63) is 59.8 Å². The molecule has 160 valence electrons. The van der Waals surface area contributed by atoms with Crippen molar-refractivity contribution in [2.24, 2.45) is 0 Å². The zero-order chi connectivity index (χ0) is 22.8. The molecule has 0 radical (unpaired) electrons. The molecule has 0 aliphatic heterocycles. The van der Waals surface area contributed by atoms with Crippen molar-refractivity contribution in [1.82, 2.24) is 9.78 Å². The van der Waals surface area contributed by atoms with E-state index in [9.17, 15) is 13.6 Å². The third-order valence-corrected chi connectivity index (χ3v) is 4.30. The lowest BCUT2D eigenvalue weighted by Crippen LogP contribution is -2.26. The molecule has 1 heterocycles. The van der Waals surface area contributed by atoms with Gasteiger partial charge in [-0.15, -0.1) is 0 Å². The Morgan fingerprint density at radius 3 is 2.39 bits per heavy atom. The Balaban J connectivity index is 2.08. The zero-order valence-corrected chi connectivity index (χ0v) is 17.6. The smallest absolute Gasteiger partial charge is 0.328 e. The summed E-state index contributed by atoms with van der Waals surface area (Å²) in [6.45, 7) is 5.08. The summed E-state index contributed by atoms with van der Waals surface area (Å²) in [5.41, 5.74) is 0.893. The number of nitriles is 1. The van der Waals surface area contributed by atoms with Crippen molar-refractivity contribution < 1.29 is 23.0 Å². The van der Waals surface area contributed by atoms with E-state index in [4.69, 9.17) is 14.7 Å². The molecule has 8 heteroatoms. The minimum absolute atomic E-state index is 0.0795. The summed E-state index contributed by atoms with van der Waals surface area (Å²) in [6, 6.07) is 10.2. The number of hydrogen-bond acceptors (Lipinski definition) is 5. The average Bonchev–Trinajstić information content (AvgIpc) is 3.09. The summed E-state index contributed by atoms with van der Waals surface area (Å²) in [4.78, 5) is 12.2. The molecule has 6 nitrogen and oxygen atoms in total. The molecule has 0 aliphatic rings. The van der Waals surface area contributed by atoms with E-state index in [1.165, 1.54) is 36.1 Å². The highest BCUT2D eigenvalue weighted by atomic mass is 19.1. The monoisotopic (exact) mass is 425 g/mol. The minimum atomic E-state index is -0.700. The van der Waals surface area contributed by atoms with Crippen LogP contribution in [0.15, 0.2) is 42.6 Å². The van der Waals surface area contributed by atoms with Gasteiger partial charge in [-0.25, -0.2) is 8.78 Å². The van der Waals surface area contributed by atoms with Crippen LogP contribution in [0, 0.1) is 23.0 Å². The van der Waals surface area contributed by atoms with Crippen LogP contribution in [0.4, 0.5) is 8.78 Å². The van der Waals surface area contributed by atoms with E-state index in [2.05, 4.69) is 5.10 Å². The Morgan fingerprint density at radius 1 is 1.13 bits per heavy atom. The number of hydrogen-bond donors (Lipinski definition) is 0. The first-order valence-corrected chi connectivity index (χ1v) is 9.44. The van der Waals surface area contributed by atoms with E-state index in [1.54, 1.807) is 45.2 Å². The van der Waals surface area contributed by atoms with Crippen LogP contribution in [0.3, 0.4) is 0 Å². The van der Waals surface area contributed by atoms with Crippen LogP contribution < -0.4 is 4.74 Å². The molecule has 0 aliphatic carbocycles. The van der Waals surface area contributed by atoms with Gasteiger partial charge in [0, 0.05) is 17.3 Å². The van der Waals surface area contributed by atoms with Gasteiger partial charge in [0.1, 0.15) is 29.7 Å². The topological polar surface area (TPSA) is 77.1 Å². The second-order valence-electron chi connectivity index (χ2n) is 7.83. The van der Waals surface area contributed by atoms with Crippen molar-refractivity contribution >= 4 is 5.97 Å². The van der Waals surface area contributed by atoms with E-state index in [0.717, 1.165) is 0 Å². The highest BCUT2D eigenvalue weighted by Gasteiger charge is 2.20. The molecule has 1 aromatic heterocycles. The van der Waals surface area contributed by atoms with Crippen molar-refractivity contribution in [2.45, 2.75) is 32.9 Å². The van der Waals surface area contributed by atoms with Gasteiger partial charge in [-0.1, -0.05) is 12.1 Å². The Hall–Kier alpha value is -3.73. The van der Waals surface area contributed by atoms with Gasteiger partial charge in [0.15, 0.2) is 11.6 Å². The van der Waals surface area contributed by atoms with Crippen LogP contribution in [0.2, 0.25) is 0 Å². The van der Waals surface area contributed by atoms with Crippen LogP contribution in [0.25, 0.3) is 22.4 Å². The first kappa shape index (κ1) is 22.0. The molecule has 3 aromatic rings. The van der Waals surface area contributed by atoms with Gasteiger partial charge in [-0.05, 0) is 50.6 Å². The van der Waals surface area contributed by atoms with Crippen LogP contribution >= 0.6 is 0 Å². The third kappa shape index (κ3) is 5.07. The quantitative estimate of drug-likeness (QED) is 0.553. The van der Waals surface area contributed by atoms with E-state index < -0.39 is 23.2 Å². The van der Waals surface area contributed by atoms with Crippen LogP contribution in [-0.2, 0) is 16.1 Å². The van der Waals surface area contributed by atoms with E-state index in [-0.39, 0.29) is 17.9 Å². The summed E-state index contributed by atoms with van der Waals surface area (Å²) in [6.07, 6.45) is 1.57.